The lowest BCUT2D eigenvalue weighted by Crippen LogP contribution is -2.25. The van der Waals surface area contributed by atoms with Gasteiger partial charge in [-0.1, -0.05) is 0 Å². The average Bonchev–Trinajstić information content (AvgIpc) is 3.18. The van der Waals surface area contributed by atoms with Crippen LogP contribution in [0.4, 0.5) is 11.4 Å². The maximum Gasteiger partial charge on any atom is 0.220 e. The molecular formula is C15H23N3O2. The molecule has 1 amide bonds. The topological polar surface area (TPSA) is 76.4 Å². The van der Waals surface area contributed by atoms with E-state index in [4.69, 9.17) is 10.5 Å². The second-order valence-corrected chi connectivity index (χ2v) is 5.10. The standard InChI is InChI=1S/C15H23N3O2/c1-2-20-14-9-11(16)8-13(10-14)17-7-3-4-15(19)18-12-5-6-12/h8-10,12,17H,2-7,16H2,1H3,(H,18,19). The van der Waals surface area contributed by atoms with Gasteiger partial charge in [0.05, 0.1) is 6.61 Å². The van der Waals surface area contributed by atoms with E-state index in [1.165, 1.54) is 0 Å². The maximum absolute atomic E-state index is 11.5. The highest BCUT2D eigenvalue weighted by atomic mass is 16.5. The molecule has 1 fully saturated rings. The third kappa shape index (κ3) is 4.99. The molecule has 0 aromatic heterocycles. The molecule has 5 heteroatoms. The molecule has 0 atom stereocenters. The molecule has 0 aliphatic heterocycles. The molecule has 2 rings (SSSR count). The summed E-state index contributed by atoms with van der Waals surface area (Å²) in [5.74, 6) is 0.915. The van der Waals surface area contributed by atoms with Gasteiger partial charge in [-0.2, -0.15) is 0 Å². The fraction of sp³-hybridized carbons (Fsp3) is 0.533. The van der Waals surface area contributed by atoms with E-state index in [1.54, 1.807) is 6.07 Å². The normalized spacial score (nSPS) is 13.8. The van der Waals surface area contributed by atoms with Crippen molar-refractivity contribution in [3.8, 4) is 5.75 Å². The van der Waals surface area contributed by atoms with E-state index in [2.05, 4.69) is 10.6 Å². The zero-order chi connectivity index (χ0) is 14.4. The highest BCUT2D eigenvalue weighted by Crippen LogP contribution is 2.22. The van der Waals surface area contributed by atoms with E-state index >= 15 is 0 Å². The van der Waals surface area contributed by atoms with Crippen LogP contribution in [0.3, 0.4) is 0 Å². The van der Waals surface area contributed by atoms with Crippen LogP contribution in [0.5, 0.6) is 5.75 Å². The molecular weight excluding hydrogens is 254 g/mol. The van der Waals surface area contributed by atoms with Gasteiger partial charge in [0.2, 0.25) is 5.91 Å². The molecule has 0 spiro atoms. The molecule has 1 aromatic carbocycles. The molecule has 110 valence electrons. The number of benzene rings is 1. The summed E-state index contributed by atoms with van der Waals surface area (Å²) >= 11 is 0. The highest BCUT2D eigenvalue weighted by Gasteiger charge is 2.22. The van der Waals surface area contributed by atoms with Gasteiger partial charge in [0.1, 0.15) is 5.75 Å². The lowest BCUT2D eigenvalue weighted by Gasteiger charge is -2.10. The summed E-state index contributed by atoms with van der Waals surface area (Å²) in [7, 11) is 0. The van der Waals surface area contributed by atoms with E-state index < -0.39 is 0 Å². The molecule has 4 N–H and O–H groups in total. The molecule has 0 radical (unpaired) electrons. The van der Waals surface area contributed by atoms with E-state index in [1.807, 2.05) is 19.1 Å². The first-order valence-corrected chi connectivity index (χ1v) is 7.24. The SMILES string of the molecule is CCOc1cc(N)cc(NCCCC(=O)NC2CC2)c1. The van der Waals surface area contributed by atoms with Crippen LogP contribution in [0.15, 0.2) is 18.2 Å². The predicted molar refractivity (Wildman–Crippen MR) is 80.9 cm³/mol. The third-order valence-electron chi connectivity index (χ3n) is 3.09. The number of nitrogens with two attached hydrogens (primary N) is 1. The first kappa shape index (κ1) is 14.5. The fourth-order valence-corrected chi connectivity index (χ4v) is 1.98. The number of nitrogens with one attached hydrogen (secondary N) is 2. The van der Waals surface area contributed by atoms with Crippen LogP contribution in [0.25, 0.3) is 0 Å². The van der Waals surface area contributed by atoms with E-state index in [-0.39, 0.29) is 5.91 Å². The van der Waals surface area contributed by atoms with Crippen molar-refractivity contribution in [1.82, 2.24) is 5.32 Å². The maximum atomic E-state index is 11.5. The number of anilines is 2. The Hall–Kier alpha value is -1.91. The van der Waals surface area contributed by atoms with Gasteiger partial charge in [-0.3, -0.25) is 4.79 Å². The van der Waals surface area contributed by atoms with Crippen LogP contribution in [0, 0.1) is 0 Å². The number of nitrogen functional groups attached to an aromatic ring is 1. The van der Waals surface area contributed by atoms with Crippen molar-refractivity contribution in [1.29, 1.82) is 0 Å². The van der Waals surface area contributed by atoms with Gasteiger partial charge in [-0.25, -0.2) is 0 Å². The summed E-state index contributed by atoms with van der Waals surface area (Å²) in [5.41, 5.74) is 7.42. The summed E-state index contributed by atoms with van der Waals surface area (Å²) in [6, 6.07) is 6.03. The van der Waals surface area contributed by atoms with Crippen LogP contribution in [-0.2, 0) is 4.79 Å². The Morgan fingerprint density at radius 3 is 2.90 bits per heavy atom. The van der Waals surface area contributed by atoms with Crippen molar-refractivity contribution in [3.05, 3.63) is 18.2 Å². The molecule has 0 saturated heterocycles. The summed E-state index contributed by atoms with van der Waals surface area (Å²) in [4.78, 5) is 11.5. The minimum atomic E-state index is 0.150. The van der Waals surface area contributed by atoms with Crippen LogP contribution in [-0.4, -0.2) is 25.1 Å². The number of hydrogen-bond acceptors (Lipinski definition) is 4. The van der Waals surface area contributed by atoms with Crippen molar-refractivity contribution >= 4 is 17.3 Å². The van der Waals surface area contributed by atoms with Gasteiger partial charge < -0.3 is 21.1 Å². The molecule has 1 saturated carbocycles. The molecule has 5 nitrogen and oxygen atoms in total. The molecule has 1 aliphatic rings. The predicted octanol–water partition coefficient (Wildman–Crippen LogP) is 2.14. The average molecular weight is 277 g/mol. The van der Waals surface area contributed by atoms with Gasteiger partial charge in [-0.05, 0) is 32.3 Å². The molecule has 20 heavy (non-hydrogen) atoms. The van der Waals surface area contributed by atoms with E-state index in [9.17, 15) is 4.79 Å². The molecule has 1 aliphatic carbocycles. The number of rotatable bonds is 8. The lowest BCUT2D eigenvalue weighted by atomic mass is 10.2. The first-order chi connectivity index (χ1) is 9.67. The van der Waals surface area contributed by atoms with Crippen LogP contribution in [0.2, 0.25) is 0 Å². The summed E-state index contributed by atoms with van der Waals surface area (Å²) < 4.78 is 5.44. The minimum absolute atomic E-state index is 0.150. The van der Waals surface area contributed by atoms with Crippen molar-refractivity contribution in [2.45, 2.75) is 38.6 Å². The monoisotopic (exact) mass is 277 g/mol. The van der Waals surface area contributed by atoms with E-state index in [0.29, 0.717) is 24.8 Å². The Morgan fingerprint density at radius 2 is 2.20 bits per heavy atom. The number of carbonyl (C=O) groups is 1. The van der Waals surface area contributed by atoms with Crippen molar-refractivity contribution < 1.29 is 9.53 Å². The summed E-state index contributed by atoms with van der Waals surface area (Å²) in [6.07, 6.45) is 3.63. The van der Waals surface area contributed by atoms with Crippen molar-refractivity contribution in [2.24, 2.45) is 0 Å². The number of hydrogen-bond donors (Lipinski definition) is 3. The van der Waals surface area contributed by atoms with Gasteiger partial charge in [0.25, 0.3) is 0 Å². The number of amides is 1. The molecule has 1 aromatic rings. The summed E-state index contributed by atoms with van der Waals surface area (Å²) in [5, 5.41) is 6.25. The Kier molecular flexibility index (Phi) is 5.09. The molecule has 0 bridgehead atoms. The van der Waals surface area contributed by atoms with Gasteiger partial charge in [0.15, 0.2) is 0 Å². The second kappa shape index (κ2) is 7.03. The minimum Gasteiger partial charge on any atom is -0.494 e. The summed E-state index contributed by atoms with van der Waals surface area (Å²) in [6.45, 7) is 3.30. The second-order valence-electron chi connectivity index (χ2n) is 5.10. The first-order valence-electron chi connectivity index (χ1n) is 7.24. The molecule has 0 heterocycles. The smallest absolute Gasteiger partial charge is 0.220 e. The largest absolute Gasteiger partial charge is 0.494 e. The Labute approximate surface area is 119 Å². The van der Waals surface area contributed by atoms with E-state index in [0.717, 1.165) is 37.2 Å². The Bertz CT molecular complexity index is 458. The lowest BCUT2D eigenvalue weighted by molar-refractivity contribution is -0.121. The number of carbonyl (C=O) groups excluding carboxylic acids is 1. The van der Waals surface area contributed by atoms with Crippen molar-refractivity contribution in [2.75, 3.05) is 24.2 Å². The van der Waals surface area contributed by atoms with Crippen LogP contribution in [0.1, 0.15) is 32.6 Å². The Balaban J connectivity index is 1.71. The van der Waals surface area contributed by atoms with Gasteiger partial charge >= 0.3 is 0 Å². The van der Waals surface area contributed by atoms with Crippen LogP contribution < -0.4 is 21.1 Å². The van der Waals surface area contributed by atoms with Gasteiger partial charge in [0, 0.05) is 42.5 Å². The zero-order valence-electron chi connectivity index (χ0n) is 11.9. The fourth-order valence-electron chi connectivity index (χ4n) is 1.98. The third-order valence-corrected chi connectivity index (χ3v) is 3.09. The van der Waals surface area contributed by atoms with Gasteiger partial charge in [-0.15, -0.1) is 0 Å². The zero-order valence-corrected chi connectivity index (χ0v) is 11.9. The number of ether oxygens (including phenoxy) is 1. The van der Waals surface area contributed by atoms with Crippen molar-refractivity contribution in [3.63, 3.8) is 0 Å². The highest BCUT2D eigenvalue weighted by molar-refractivity contribution is 5.76. The molecule has 0 unspecified atom stereocenters. The van der Waals surface area contributed by atoms with Crippen LogP contribution >= 0.6 is 0 Å². The quantitative estimate of drug-likeness (QED) is 0.502. The Morgan fingerprint density at radius 1 is 1.40 bits per heavy atom.